The summed E-state index contributed by atoms with van der Waals surface area (Å²) in [5.74, 6) is -0.190. The number of nitriles is 1. The van der Waals surface area contributed by atoms with Gasteiger partial charge in [0.2, 0.25) is 0 Å². The van der Waals surface area contributed by atoms with Gasteiger partial charge in [0.1, 0.15) is 5.82 Å². The quantitative estimate of drug-likeness (QED) is 0.801. The van der Waals surface area contributed by atoms with Gasteiger partial charge in [-0.25, -0.2) is 4.39 Å². The van der Waals surface area contributed by atoms with Crippen molar-refractivity contribution in [2.45, 2.75) is 24.9 Å². The van der Waals surface area contributed by atoms with Gasteiger partial charge in [-0.3, -0.25) is 9.80 Å². The summed E-state index contributed by atoms with van der Waals surface area (Å²) in [6.45, 7) is 5.65. The standard InChI is InChI=1S/C17H22FN3O/c18-16-3-1-15(2-4-16)13-21-11-12-22-14-17(21)5-8-20(9-6-17)10-7-19/h1-4H,5-6,8-14H2. The molecular formula is C17H22FN3O. The summed E-state index contributed by atoms with van der Waals surface area (Å²) in [7, 11) is 0. The SMILES string of the molecule is N#CCN1CCC2(CC1)COCCN2Cc1ccc(F)cc1. The molecule has 0 atom stereocenters. The van der Waals surface area contributed by atoms with Crippen LogP contribution >= 0.6 is 0 Å². The molecule has 3 rings (SSSR count). The van der Waals surface area contributed by atoms with E-state index in [9.17, 15) is 4.39 Å². The third-order valence-electron chi connectivity index (χ3n) is 4.91. The minimum atomic E-state index is -0.190. The summed E-state index contributed by atoms with van der Waals surface area (Å²) >= 11 is 0. The van der Waals surface area contributed by atoms with E-state index < -0.39 is 0 Å². The molecule has 1 aromatic carbocycles. The van der Waals surface area contributed by atoms with Crippen LogP contribution in [0, 0.1) is 17.1 Å². The van der Waals surface area contributed by atoms with Crippen LogP contribution in [0.4, 0.5) is 4.39 Å². The summed E-state index contributed by atoms with van der Waals surface area (Å²) in [4.78, 5) is 4.70. The number of likely N-dealkylation sites (tertiary alicyclic amines) is 1. The third kappa shape index (κ3) is 3.30. The molecule has 1 spiro atoms. The molecule has 0 unspecified atom stereocenters. The van der Waals surface area contributed by atoms with Gasteiger partial charge in [0.25, 0.3) is 0 Å². The van der Waals surface area contributed by atoms with Crippen molar-refractivity contribution in [1.29, 1.82) is 5.26 Å². The molecule has 5 heteroatoms. The van der Waals surface area contributed by atoms with Gasteiger partial charge in [-0.2, -0.15) is 5.26 Å². The van der Waals surface area contributed by atoms with Crippen molar-refractivity contribution in [3.8, 4) is 6.07 Å². The molecule has 0 N–H and O–H groups in total. The number of nitrogens with zero attached hydrogens (tertiary/aromatic N) is 3. The van der Waals surface area contributed by atoms with Crippen molar-refractivity contribution in [2.75, 3.05) is 39.4 Å². The van der Waals surface area contributed by atoms with Crippen LogP contribution in [-0.2, 0) is 11.3 Å². The van der Waals surface area contributed by atoms with Crippen LogP contribution in [0.3, 0.4) is 0 Å². The average Bonchev–Trinajstić information content (AvgIpc) is 2.54. The maximum absolute atomic E-state index is 13.1. The molecule has 2 saturated heterocycles. The number of piperidine rings is 1. The van der Waals surface area contributed by atoms with E-state index in [1.54, 1.807) is 0 Å². The van der Waals surface area contributed by atoms with Crippen molar-refractivity contribution in [2.24, 2.45) is 0 Å². The largest absolute Gasteiger partial charge is 0.378 e. The molecule has 0 bridgehead atoms. The maximum atomic E-state index is 13.1. The van der Waals surface area contributed by atoms with Crippen LogP contribution in [0.2, 0.25) is 0 Å². The number of morpholine rings is 1. The first-order valence-electron chi connectivity index (χ1n) is 7.88. The first kappa shape index (κ1) is 15.4. The first-order valence-corrected chi connectivity index (χ1v) is 7.88. The minimum Gasteiger partial charge on any atom is -0.378 e. The Labute approximate surface area is 131 Å². The van der Waals surface area contributed by atoms with E-state index in [2.05, 4.69) is 15.9 Å². The van der Waals surface area contributed by atoms with Crippen LogP contribution in [0.5, 0.6) is 0 Å². The van der Waals surface area contributed by atoms with Crippen molar-refractivity contribution in [1.82, 2.24) is 9.80 Å². The summed E-state index contributed by atoms with van der Waals surface area (Å²) in [6.07, 6.45) is 2.05. The normalized spacial score (nSPS) is 22.5. The highest BCUT2D eigenvalue weighted by Crippen LogP contribution is 2.33. The number of hydrogen-bond donors (Lipinski definition) is 0. The van der Waals surface area contributed by atoms with Gasteiger partial charge in [-0.15, -0.1) is 0 Å². The van der Waals surface area contributed by atoms with E-state index in [4.69, 9.17) is 10.00 Å². The monoisotopic (exact) mass is 303 g/mol. The Hall–Kier alpha value is -1.48. The average molecular weight is 303 g/mol. The third-order valence-corrected chi connectivity index (χ3v) is 4.91. The highest BCUT2D eigenvalue weighted by atomic mass is 19.1. The van der Waals surface area contributed by atoms with Crippen LogP contribution in [0.25, 0.3) is 0 Å². The molecule has 2 aliphatic heterocycles. The number of halogens is 1. The summed E-state index contributed by atoms with van der Waals surface area (Å²) < 4.78 is 18.8. The van der Waals surface area contributed by atoms with Gasteiger partial charge in [0, 0.05) is 31.7 Å². The molecule has 4 nitrogen and oxygen atoms in total. The van der Waals surface area contributed by atoms with E-state index in [0.29, 0.717) is 6.54 Å². The molecule has 0 saturated carbocycles. The fraction of sp³-hybridized carbons (Fsp3) is 0.588. The lowest BCUT2D eigenvalue weighted by atomic mass is 9.85. The fourth-order valence-corrected chi connectivity index (χ4v) is 3.51. The lowest BCUT2D eigenvalue weighted by molar-refractivity contribution is -0.0978. The van der Waals surface area contributed by atoms with Gasteiger partial charge >= 0.3 is 0 Å². The lowest BCUT2D eigenvalue weighted by Gasteiger charge is -2.51. The second-order valence-corrected chi connectivity index (χ2v) is 6.26. The Morgan fingerprint density at radius 3 is 2.59 bits per heavy atom. The zero-order valence-corrected chi connectivity index (χ0v) is 12.8. The summed E-state index contributed by atoms with van der Waals surface area (Å²) in [5.41, 5.74) is 1.21. The minimum absolute atomic E-state index is 0.0680. The topological polar surface area (TPSA) is 39.5 Å². The molecule has 2 fully saturated rings. The molecule has 22 heavy (non-hydrogen) atoms. The zero-order valence-electron chi connectivity index (χ0n) is 12.8. The molecule has 2 aliphatic rings. The van der Waals surface area contributed by atoms with Gasteiger partial charge in [-0.1, -0.05) is 12.1 Å². The van der Waals surface area contributed by atoms with Crippen molar-refractivity contribution < 1.29 is 9.13 Å². The lowest BCUT2D eigenvalue weighted by Crippen LogP contribution is -2.61. The van der Waals surface area contributed by atoms with Crippen LogP contribution in [-0.4, -0.2) is 54.7 Å². The van der Waals surface area contributed by atoms with Gasteiger partial charge in [0.15, 0.2) is 0 Å². The number of hydrogen-bond acceptors (Lipinski definition) is 4. The second-order valence-electron chi connectivity index (χ2n) is 6.26. The Balaban J connectivity index is 1.69. The molecule has 0 amide bonds. The number of rotatable bonds is 3. The molecule has 0 aromatic heterocycles. The Morgan fingerprint density at radius 2 is 1.91 bits per heavy atom. The maximum Gasteiger partial charge on any atom is 0.123 e. The highest BCUT2D eigenvalue weighted by Gasteiger charge is 2.41. The first-order chi connectivity index (χ1) is 10.7. The Bertz CT molecular complexity index is 532. The van der Waals surface area contributed by atoms with Gasteiger partial charge in [-0.05, 0) is 30.5 Å². The molecule has 0 radical (unpaired) electrons. The van der Waals surface area contributed by atoms with Crippen LogP contribution in [0.1, 0.15) is 18.4 Å². The zero-order chi connectivity index (χ0) is 15.4. The summed E-state index contributed by atoms with van der Waals surface area (Å²) in [5, 5.41) is 8.83. The highest BCUT2D eigenvalue weighted by molar-refractivity contribution is 5.17. The molecular weight excluding hydrogens is 281 g/mol. The predicted octanol–water partition coefficient (Wildman–Crippen LogP) is 2.02. The van der Waals surface area contributed by atoms with Crippen molar-refractivity contribution >= 4 is 0 Å². The predicted molar refractivity (Wildman–Crippen MR) is 81.6 cm³/mol. The molecule has 1 aromatic rings. The number of benzene rings is 1. The van der Waals surface area contributed by atoms with Crippen LogP contribution < -0.4 is 0 Å². The van der Waals surface area contributed by atoms with Crippen molar-refractivity contribution in [3.05, 3.63) is 35.6 Å². The van der Waals surface area contributed by atoms with E-state index in [1.807, 2.05) is 12.1 Å². The number of ether oxygens (including phenoxy) is 1. The van der Waals surface area contributed by atoms with E-state index in [0.717, 1.165) is 57.8 Å². The second kappa shape index (κ2) is 6.74. The van der Waals surface area contributed by atoms with Gasteiger partial charge < -0.3 is 4.74 Å². The smallest absolute Gasteiger partial charge is 0.123 e. The molecule has 0 aliphatic carbocycles. The van der Waals surface area contributed by atoms with Crippen molar-refractivity contribution in [3.63, 3.8) is 0 Å². The molecule has 118 valence electrons. The Kier molecular flexibility index (Phi) is 4.72. The molecule has 2 heterocycles. The van der Waals surface area contributed by atoms with E-state index >= 15 is 0 Å². The Morgan fingerprint density at radius 1 is 1.18 bits per heavy atom. The van der Waals surface area contributed by atoms with Crippen LogP contribution in [0.15, 0.2) is 24.3 Å². The van der Waals surface area contributed by atoms with Gasteiger partial charge in [0.05, 0.1) is 25.8 Å². The fourth-order valence-electron chi connectivity index (χ4n) is 3.51. The van der Waals surface area contributed by atoms with E-state index in [1.165, 1.54) is 12.1 Å². The van der Waals surface area contributed by atoms with E-state index in [-0.39, 0.29) is 11.4 Å². The summed E-state index contributed by atoms with van der Waals surface area (Å²) in [6, 6.07) is 9.01.